The molecule has 0 atom stereocenters. The van der Waals surface area contributed by atoms with E-state index in [1.807, 2.05) is 0 Å². The topological polar surface area (TPSA) is 56.5 Å². The van der Waals surface area contributed by atoms with Crippen molar-refractivity contribution >= 4 is 39.7 Å². The lowest BCUT2D eigenvalue weighted by atomic mass is 10.2. The summed E-state index contributed by atoms with van der Waals surface area (Å²) in [6.07, 6.45) is 0. The first-order valence-corrected chi connectivity index (χ1v) is 6.86. The third kappa shape index (κ3) is 3.06. The molecule has 0 saturated carbocycles. The number of ether oxygens (including phenoxy) is 2. The van der Waals surface area contributed by atoms with E-state index in [9.17, 15) is 4.39 Å². The van der Waals surface area contributed by atoms with E-state index in [4.69, 9.17) is 15.2 Å². The van der Waals surface area contributed by atoms with Crippen LogP contribution in [0.2, 0.25) is 0 Å². The molecule has 2 aromatic rings. The molecule has 0 aliphatic rings. The van der Waals surface area contributed by atoms with Crippen molar-refractivity contribution in [3.63, 3.8) is 0 Å². The summed E-state index contributed by atoms with van der Waals surface area (Å²) in [5.41, 5.74) is 7.93. The number of hydrogen-bond acceptors (Lipinski definition) is 4. The lowest BCUT2D eigenvalue weighted by Crippen LogP contribution is -2.00. The molecule has 0 aliphatic carbocycles. The van der Waals surface area contributed by atoms with Gasteiger partial charge in [0.05, 0.1) is 31.3 Å². The van der Waals surface area contributed by atoms with Crippen LogP contribution in [0, 0.1) is 9.39 Å². The van der Waals surface area contributed by atoms with E-state index < -0.39 is 0 Å². The molecule has 4 nitrogen and oxygen atoms in total. The molecule has 0 radical (unpaired) electrons. The van der Waals surface area contributed by atoms with Gasteiger partial charge in [-0.15, -0.1) is 0 Å². The minimum atomic E-state index is -0.278. The predicted molar refractivity (Wildman–Crippen MR) is 86.4 cm³/mol. The van der Waals surface area contributed by atoms with Crippen LogP contribution in [0.1, 0.15) is 0 Å². The molecule has 0 saturated heterocycles. The molecule has 0 spiro atoms. The Morgan fingerprint density at radius 2 is 1.70 bits per heavy atom. The van der Waals surface area contributed by atoms with Gasteiger partial charge in [0.2, 0.25) is 0 Å². The standard InChI is InChI=1S/C14H14FIN2O2/c1-19-13-6-10(17)12(7-14(13)20-2)18-11-4-3-8(15)5-9(11)16/h3-7,18H,17H2,1-2H3. The van der Waals surface area contributed by atoms with Crippen molar-refractivity contribution in [2.24, 2.45) is 0 Å². The Balaban J connectivity index is 2.38. The molecule has 0 fully saturated rings. The molecule has 0 bridgehead atoms. The maximum atomic E-state index is 13.1. The smallest absolute Gasteiger partial charge is 0.162 e. The zero-order valence-corrected chi connectivity index (χ0v) is 13.2. The van der Waals surface area contributed by atoms with E-state index in [-0.39, 0.29) is 5.82 Å². The molecule has 2 aromatic carbocycles. The highest BCUT2D eigenvalue weighted by molar-refractivity contribution is 14.1. The summed E-state index contributed by atoms with van der Waals surface area (Å²) in [7, 11) is 3.10. The van der Waals surface area contributed by atoms with Crippen LogP contribution < -0.4 is 20.5 Å². The summed E-state index contributed by atoms with van der Waals surface area (Å²) in [6, 6.07) is 7.92. The second kappa shape index (κ2) is 6.17. The average Bonchev–Trinajstić information content (AvgIpc) is 2.43. The van der Waals surface area contributed by atoms with Crippen LogP contribution in [-0.4, -0.2) is 14.2 Å². The number of anilines is 3. The van der Waals surface area contributed by atoms with Crippen molar-refractivity contribution in [1.82, 2.24) is 0 Å². The van der Waals surface area contributed by atoms with Gasteiger partial charge in [0.1, 0.15) is 5.82 Å². The quantitative estimate of drug-likeness (QED) is 0.619. The van der Waals surface area contributed by atoms with E-state index in [2.05, 4.69) is 27.9 Å². The largest absolute Gasteiger partial charge is 0.493 e. The van der Waals surface area contributed by atoms with Crippen LogP contribution in [0.3, 0.4) is 0 Å². The molecule has 0 heterocycles. The van der Waals surface area contributed by atoms with Crippen molar-refractivity contribution in [3.05, 3.63) is 39.7 Å². The highest BCUT2D eigenvalue weighted by atomic mass is 127. The number of methoxy groups -OCH3 is 2. The number of nitrogen functional groups attached to an aromatic ring is 1. The summed E-state index contributed by atoms with van der Waals surface area (Å²) >= 11 is 2.06. The highest BCUT2D eigenvalue weighted by Gasteiger charge is 2.10. The number of nitrogens with two attached hydrogens (primary N) is 1. The summed E-state index contributed by atoms with van der Waals surface area (Å²) in [5.74, 6) is 0.853. The van der Waals surface area contributed by atoms with Crippen molar-refractivity contribution in [3.8, 4) is 11.5 Å². The monoisotopic (exact) mass is 388 g/mol. The van der Waals surface area contributed by atoms with Gasteiger partial charge in [-0.1, -0.05) is 0 Å². The summed E-state index contributed by atoms with van der Waals surface area (Å²) in [5, 5.41) is 3.16. The Morgan fingerprint density at radius 1 is 1.05 bits per heavy atom. The van der Waals surface area contributed by atoms with E-state index in [0.29, 0.717) is 22.9 Å². The number of rotatable bonds is 4. The third-order valence-corrected chi connectivity index (χ3v) is 3.65. The summed E-state index contributed by atoms with van der Waals surface area (Å²) in [6.45, 7) is 0. The van der Waals surface area contributed by atoms with Gasteiger partial charge < -0.3 is 20.5 Å². The van der Waals surface area contributed by atoms with Gasteiger partial charge in [-0.3, -0.25) is 0 Å². The molecule has 0 aliphatic heterocycles. The van der Waals surface area contributed by atoms with Gasteiger partial charge in [-0.05, 0) is 40.8 Å². The fourth-order valence-corrected chi connectivity index (χ4v) is 2.35. The van der Waals surface area contributed by atoms with Gasteiger partial charge in [-0.25, -0.2) is 4.39 Å². The Bertz CT molecular complexity index is 635. The second-order valence-electron chi connectivity index (χ2n) is 4.04. The van der Waals surface area contributed by atoms with Crippen LogP contribution in [0.5, 0.6) is 11.5 Å². The van der Waals surface area contributed by atoms with Gasteiger partial charge in [-0.2, -0.15) is 0 Å². The molecule has 106 valence electrons. The predicted octanol–water partition coefficient (Wildman–Crippen LogP) is 3.77. The zero-order chi connectivity index (χ0) is 14.7. The van der Waals surface area contributed by atoms with Crippen molar-refractivity contribution in [2.45, 2.75) is 0 Å². The van der Waals surface area contributed by atoms with E-state index in [1.54, 1.807) is 32.4 Å². The minimum absolute atomic E-state index is 0.278. The average molecular weight is 388 g/mol. The van der Waals surface area contributed by atoms with Gasteiger partial charge in [0.25, 0.3) is 0 Å². The lowest BCUT2D eigenvalue weighted by Gasteiger charge is -2.15. The normalized spacial score (nSPS) is 10.2. The number of nitrogens with one attached hydrogen (secondary N) is 1. The third-order valence-electron chi connectivity index (χ3n) is 2.76. The summed E-state index contributed by atoms with van der Waals surface area (Å²) in [4.78, 5) is 0. The van der Waals surface area contributed by atoms with Crippen molar-refractivity contribution in [1.29, 1.82) is 0 Å². The Hall–Kier alpha value is -1.70. The van der Waals surface area contributed by atoms with Crippen LogP contribution in [0.15, 0.2) is 30.3 Å². The van der Waals surface area contributed by atoms with Crippen LogP contribution in [0.4, 0.5) is 21.5 Å². The summed E-state index contributed by atoms with van der Waals surface area (Å²) < 4.78 is 24.3. The van der Waals surface area contributed by atoms with E-state index in [1.165, 1.54) is 12.1 Å². The fraction of sp³-hybridized carbons (Fsp3) is 0.143. The Kier molecular flexibility index (Phi) is 4.53. The fourth-order valence-electron chi connectivity index (χ4n) is 1.74. The Labute approximate surface area is 130 Å². The molecule has 6 heteroatoms. The molecule has 0 unspecified atom stereocenters. The molecule has 20 heavy (non-hydrogen) atoms. The lowest BCUT2D eigenvalue weighted by molar-refractivity contribution is 0.355. The Morgan fingerprint density at radius 3 is 2.30 bits per heavy atom. The molecule has 3 N–H and O–H groups in total. The van der Waals surface area contributed by atoms with Crippen molar-refractivity contribution in [2.75, 3.05) is 25.3 Å². The molecular weight excluding hydrogens is 374 g/mol. The van der Waals surface area contributed by atoms with Gasteiger partial charge >= 0.3 is 0 Å². The first-order valence-electron chi connectivity index (χ1n) is 5.78. The molecule has 0 amide bonds. The SMILES string of the molecule is COc1cc(N)c(Nc2ccc(F)cc2I)cc1OC. The molecular formula is C14H14FIN2O2. The van der Waals surface area contributed by atoms with E-state index >= 15 is 0 Å². The number of halogens is 2. The van der Waals surface area contributed by atoms with Crippen LogP contribution in [0.25, 0.3) is 0 Å². The molecule has 2 rings (SSSR count). The maximum absolute atomic E-state index is 13.1. The first kappa shape index (κ1) is 14.7. The number of benzene rings is 2. The van der Waals surface area contributed by atoms with Gasteiger partial charge in [0, 0.05) is 15.7 Å². The van der Waals surface area contributed by atoms with Crippen LogP contribution >= 0.6 is 22.6 Å². The second-order valence-corrected chi connectivity index (χ2v) is 5.21. The van der Waals surface area contributed by atoms with Crippen LogP contribution in [-0.2, 0) is 0 Å². The first-order chi connectivity index (χ1) is 9.55. The number of hydrogen-bond donors (Lipinski definition) is 2. The maximum Gasteiger partial charge on any atom is 0.162 e. The highest BCUT2D eigenvalue weighted by Crippen LogP contribution is 2.36. The van der Waals surface area contributed by atoms with Gasteiger partial charge in [0.15, 0.2) is 11.5 Å². The van der Waals surface area contributed by atoms with Crippen molar-refractivity contribution < 1.29 is 13.9 Å². The zero-order valence-electron chi connectivity index (χ0n) is 11.0. The van der Waals surface area contributed by atoms with E-state index in [0.717, 1.165) is 9.26 Å². The molecule has 0 aromatic heterocycles. The minimum Gasteiger partial charge on any atom is -0.493 e.